The Balaban J connectivity index is 2.08. The van der Waals surface area contributed by atoms with E-state index >= 15 is 0 Å². The SMILES string of the molecule is Cc1ncc(C(N)Cc2nc(C(C)(C)C)cs2)s1. The molecule has 18 heavy (non-hydrogen) atoms. The van der Waals surface area contributed by atoms with Gasteiger partial charge >= 0.3 is 0 Å². The van der Waals surface area contributed by atoms with E-state index in [0.717, 1.165) is 27.0 Å². The fourth-order valence-electron chi connectivity index (χ4n) is 1.59. The van der Waals surface area contributed by atoms with Gasteiger partial charge in [-0.1, -0.05) is 20.8 Å². The summed E-state index contributed by atoms with van der Waals surface area (Å²) in [5.74, 6) is 0. The van der Waals surface area contributed by atoms with Gasteiger partial charge < -0.3 is 5.73 Å². The van der Waals surface area contributed by atoms with Crippen LogP contribution < -0.4 is 5.73 Å². The molecule has 2 aromatic heterocycles. The number of aromatic nitrogens is 2. The molecule has 98 valence electrons. The van der Waals surface area contributed by atoms with E-state index in [9.17, 15) is 0 Å². The molecule has 0 spiro atoms. The summed E-state index contributed by atoms with van der Waals surface area (Å²) in [6.45, 7) is 8.54. The van der Waals surface area contributed by atoms with Gasteiger partial charge in [0.15, 0.2) is 0 Å². The summed E-state index contributed by atoms with van der Waals surface area (Å²) in [5, 5.41) is 4.31. The van der Waals surface area contributed by atoms with Crippen molar-refractivity contribution in [1.82, 2.24) is 9.97 Å². The van der Waals surface area contributed by atoms with Crippen LogP contribution in [0.1, 0.15) is 47.4 Å². The number of aryl methyl sites for hydroxylation is 1. The number of nitrogens with two attached hydrogens (primary N) is 1. The van der Waals surface area contributed by atoms with Crippen LogP contribution in [0.15, 0.2) is 11.6 Å². The summed E-state index contributed by atoms with van der Waals surface area (Å²) in [4.78, 5) is 10.1. The van der Waals surface area contributed by atoms with Gasteiger partial charge in [-0.3, -0.25) is 0 Å². The Morgan fingerprint density at radius 1 is 1.39 bits per heavy atom. The van der Waals surface area contributed by atoms with Crippen LogP contribution in [0.5, 0.6) is 0 Å². The second kappa shape index (κ2) is 5.07. The van der Waals surface area contributed by atoms with E-state index in [1.54, 1.807) is 22.7 Å². The molecule has 1 unspecified atom stereocenters. The molecule has 2 rings (SSSR count). The lowest BCUT2D eigenvalue weighted by Crippen LogP contribution is -2.14. The minimum atomic E-state index is 0.00942. The van der Waals surface area contributed by atoms with E-state index in [1.165, 1.54) is 0 Å². The first-order valence-corrected chi connectivity index (χ1v) is 7.68. The van der Waals surface area contributed by atoms with Gasteiger partial charge in [0.05, 0.1) is 15.7 Å². The maximum absolute atomic E-state index is 6.20. The predicted molar refractivity (Wildman–Crippen MR) is 78.3 cm³/mol. The molecule has 0 radical (unpaired) electrons. The van der Waals surface area contributed by atoms with Gasteiger partial charge in [-0.2, -0.15) is 0 Å². The molecule has 0 aliphatic rings. The van der Waals surface area contributed by atoms with Gasteiger partial charge in [-0.25, -0.2) is 9.97 Å². The van der Waals surface area contributed by atoms with Crippen molar-refractivity contribution in [3.05, 3.63) is 32.2 Å². The van der Waals surface area contributed by atoms with Crippen molar-refractivity contribution >= 4 is 22.7 Å². The summed E-state index contributed by atoms with van der Waals surface area (Å²) < 4.78 is 0. The smallest absolute Gasteiger partial charge is 0.0947 e. The molecule has 0 saturated heterocycles. The van der Waals surface area contributed by atoms with E-state index in [1.807, 2.05) is 13.1 Å². The summed E-state index contributed by atoms with van der Waals surface area (Å²) in [7, 11) is 0. The zero-order valence-corrected chi connectivity index (χ0v) is 12.9. The Morgan fingerprint density at radius 3 is 2.61 bits per heavy atom. The van der Waals surface area contributed by atoms with E-state index in [0.29, 0.717) is 0 Å². The van der Waals surface area contributed by atoms with Gasteiger partial charge in [0.25, 0.3) is 0 Å². The van der Waals surface area contributed by atoms with Crippen LogP contribution in [0, 0.1) is 6.92 Å². The first kappa shape index (κ1) is 13.6. The van der Waals surface area contributed by atoms with Crippen LogP contribution in [0.4, 0.5) is 0 Å². The fraction of sp³-hybridized carbons (Fsp3) is 0.538. The molecule has 1 atom stereocenters. The van der Waals surface area contributed by atoms with Crippen molar-refractivity contribution in [2.45, 2.75) is 45.6 Å². The van der Waals surface area contributed by atoms with Crippen LogP contribution >= 0.6 is 22.7 Å². The molecular formula is C13H19N3S2. The molecule has 0 saturated carbocycles. The Hall–Kier alpha value is -0.780. The fourth-order valence-corrected chi connectivity index (χ4v) is 3.45. The van der Waals surface area contributed by atoms with Crippen LogP contribution in [0.3, 0.4) is 0 Å². The lowest BCUT2D eigenvalue weighted by Gasteiger charge is -2.14. The van der Waals surface area contributed by atoms with E-state index in [-0.39, 0.29) is 11.5 Å². The number of hydrogen-bond donors (Lipinski definition) is 1. The average molecular weight is 281 g/mol. The molecule has 2 aromatic rings. The summed E-state index contributed by atoms with van der Waals surface area (Å²) in [6.07, 6.45) is 2.67. The highest BCUT2D eigenvalue weighted by atomic mass is 32.1. The Labute approximate surface area is 116 Å². The van der Waals surface area contributed by atoms with Crippen LogP contribution in [-0.4, -0.2) is 9.97 Å². The van der Waals surface area contributed by atoms with Gasteiger partial charge in [-0.15, -0.1) is 22.7 Å². The standard InChI is InChI=1S/C13H19N3S2/c1-8-15-6-10(18-8)9(14)5-12-16-11(7-17-12)13(2,3)4/h6-7,9H,5,14H2,1-4H3. The minimum absolute atomic E-state index is 0.00942. The van der Waals surface area contributed by atoms with Crippen molar-refractivity contribution in [2.24, 2.45) is 5.73 Å². The largest absolute Gasteiger partial charge is 0.323 e. The monoisotopic (exact) mass is 281 g/mol. The maximum atomic E-state index is 6.20. The van der Waals surface area contributed by atoms with Crippen molar-refractivity contribution in [3.63, 3.8) is 0 Å². The summed E-state index contributed by atoms with van der Waals surface area (Å²) in [5.41, 5.74) is 7.46. The molecule has 0 aliphatic heterocycles. The number of rotatable bonds is 3. The Morgan fingerprint density at radius 2 is 2.11 bits per heavy atom. The molecule has 0 bridgehead atoms. The van der Waals surface area contributed by atoms with Crippen LogP contribution in [0.25, 0.3) is 0 Å². The normalized spacial score (nSPS) is 13.8. The quantitative estimate of drug-likeness (QED) is 0.937. The van der Waals surface area contributed by atoms with Gasteiger partial charge in [0.2, 0.25) is 0 Å². The highest BCUT2D eigenvalue weighted by molar-refractivity contribution is 7.11. The van der Waals surface area contributed by atoms with Crippen molar-refractivity contribution in [3.8, 4) is 0 Å². The minimum Gasteiger partial charge on any atom is -0.323 e. The highest BCUT2D eigenvalue weighted by Gasteiger charge is 2.19. The number of thiazole rings is 2. The van der Waals surface area contributed by atoms with Gasteiger partial charge in [0.1, 0.15) is 0 Å². The molecule has 0 aliphatic carbocycles. The lowest BCUT2D eigenvalue weighted by atomic mass is 9.93. The lowest BCUT2D eigenvalue weighted by molar-refractivity contribution is 0.569. The maximum Gasteiger partial charge on any atom is 0.0947 e. The second-order valence-corrected chi connectivity index (χ2v) is 7.68. The van der Waals surface area contributed by atoms with Crippen molar-refractivity contribution in [2.75, 3.05) is 0 Å². The predicted octanol–water partition coefficient (Wildman–Crippen LogP) is 3.45. The third kappa shape index (κ3) is 3.16. The first-order chi connectivity index (χ1) is 8.36. The third-order valence-electron chi connectivity index (χ3n) is 2.72. The zero-order valence-electron chi connectivity index (χ0n) is 11.2. The number of nitrogens with zero attached hydrogens (tertiary/aromatic N) is 2. The topological polar surface area (TPSA) is 51.8 Å². The summed E-state index contributed by atoms with van der Waals surface area (Å²) >= 11 is 3.37. The molecule has 0 aromatic carbocycles. The first-order valence-electron chi connectivity index (χ1n) is 5.99. The second-order valence-electron chi connectivity index (χ2n) is 5.47. The molecule has 0 fully saturated rings. The van der Waals surface area contributed by atoms with E-state index in [4.69, 9.17) is 5.73 Å². The third-order valence-corrected chi connectivity index (χ3v) is 4.64. The molecular weight excluding hydrogens is 262 g/mol. The van der Waals surface area contributed by atoms with Crippen molar-refractivity contribution in [1.29, 1.82) is 0 Å². The number of hydrogen-bond acceptors (Lipinski definition) is 5. The molecule has 2 heterocycles. The molecule has 5 heteroatoms. The molecule has 3 nitrogen and oxygen atoms in total. The van der Waals surface area contributed by atoms with Crippen LogP contribution in [0.2, 0.25) is 0 Å². The van der Waals surface area contributed by atoms with Crippen molar-refractivity contribution < 1.29 is 0 Å². The molecule has 0 amide bonds. The van der Waals surface area contributed by atoms with E-state index in [2.05, 4.69) is 36.1 Å². The summed E-state index contributed by atoms with van der Waals surface area (Å²) in [6, 6.07) is 0.00942. The highest BCUT2D eigenvalue weighted by Crippen LogP contribution is 2.27. The molecule has 2 N–H and O–H groups in total. The Bertz CT molecular complexity index is 522. The zero-order chi connectivity index (χ0) is 13.3. The van der Waals surface area contributed by atoms with E-state index < -0.39 is 0 Å². The average Bonchev–Trinajstić information content (AvgIpc) is 2.85. The van der Waals surface area contributed by atoms with Gasteiger partial charge in [-0.05, 0) is 6.92 Å². The van der Waals surface area contributed by atoms with Crippen LogP contribution in [-0.2, 0) is 11.8 Å². The Kier molecular flexibility index (Phi) is 3.84. The van der Waals surface area contributed by atoms with Gasteiger partial charge in [0, 0.05) is 34.3 Å².